The molecular formula is C19H18ClNO5. The van der Waals surface area contributed by atoms with Gasteiger partial charge in [0.2, 0.25) is 0 Å². The average Bonchev–Trinajstić information content (AvgIpc) is 2.62. The lowest BCUT2D eigenvalue weighted by molar-refractivity contribution is -0.148. The Morgan fingerprint density at radius 2 is 1.88 bits per heavy atom. The maximum absolute atomic E-state index is 12.0. The van der Waals surface area contributed by atoms with E-state index in [1.54, 1.807) is 36.4 Å². The molecule has 2 aromatic carbocycles. The molecule has 1 amide bonds. The van der Waals surface area contributed by atoms with Gasteiger partial charge in [-0.05, 0) is 55.0 Å². The Bertz CT molecular complexity index is 817. The predicted molar refractivity (Wildman–Crippen MR) is 99.3 cm³/mol. The number of benzene rings is 2. The minimum Gasteiger partial charge on any atom is -0.504 e. The van der Waals surface area contributed by atoms with Crippen LogP contribution in [0.1, 0.15) is 12.5 Å². The van der Waals surface area contributed by atoms with Crippen molar-refractivity contribution >= 4 is 35.2 Å². The molecular weight excluding hydrogens is 358 g/mol. The van der Waals surface area contributed by atoms with E-state index in [9.17, 15) is 14.7 Å². The first kappa shape index (κ1) is 19.3. The van der Waals surface area contributed by atoms with Crippen LogP contribution in [0.5, 0.6) is 11.5 Å². The van der Waals surface area contributed by atoms with Gasteiger partial charge in [-0.15, -0.1) is 0 Å². The van der Waals surface area contributed by atoms with E-state index in [0.717, 1.165) is 0 Å². The molecule has 26 heavy (non-hydrogen) atoms. The Morgan fingerprint density at radius 3 is 2.54 bits per heavy atom. The predicted octanol–water partition coefficient (Wildman–Crippen LogP) is 3.64. The highest BCUT2D eigenvalue weighted by atomic mass is 35.5. The zero-order valence-electron chi connectivity index (χ0n) is 14.2. The third kappa shape index (κ3) is 5.53. The van der Waals surface area contributed by atoms with Crippen LogP contribution in [0.25, 0.3) is 6.08 Å². The van der Waals surface area contributed by atoms with Crippen molar-refractivity contribution in [3.63, 3.8) is 0 Å². The second-order valence-electron chi connectivity index (χ2n) is 5.34. The van der Waals surface area contributed by atoms with Crippen LogP contribution in [0.15, 0.2) is 48.5 Å². The topological polar surface area (TPSA) is 84.9 Å². The molecule has 7 heteroatoms. The van der Waals surface area contributed by atoms with Crippen LogP contribution in [-0.2, 0) is 14.3 Å². The average molecular weight is 376 g/mol. The molecule has 0 spiro atoms. The van der Waals surface area contributed by atoms with E-state index in [1.165, 1.54) is 32.3 Å². The van der Waals surface area contributed by atoms with Crippen LogP contribution < -0.4 is 10.1 Å². The Balaban J connectivity index is 1.91. The molecule has 0 aliphatic heterocycles. The molecule has 2 rings (SSSR count). The van der Waals surface area contributed by atoms with Gasteiger partial charge in [-0.2, -0.15) is 0 Å². The largest absolute Gasteiger partial charge is 0.504 e. The van der Waals surface area contributed by atoms with Gasteiger partial charge >= 0.3 is 5.97 Å². The lowest BCUT2D eigenvalue weighted by Crippen LogP contribution is -2.29. The van der Waals surface area contributed by atoms with Crippen molar-refractivity contribution in [1.29, 1.82) is 0 Å². The summed E-state index contributed by atoms with van der Waals surface area (Å²) < 4.78 is 10.1. The molecule has 0 unspecified atom stereocenters. The number of aromatic hydroxyl groups is 1. The summed E-state index contributed by atoms with van der Waals surface area (Å²) in [6, 6.07) is 11.2. The van der Waals surface area contributed by atoms with Crippen molar-refractivity contribution in [3.05, 3.63) is 59.1 Å². The van der Waals surface area contributed by atoms with Crippen LogP contribution in [0.2, 0.25) is 5.02 Å². The summed E-state index contributed by atoms with van der Waals surface area (Å²) in [6.45, 7) is 1.47. The number of hydrogen-bond acceptors (Lipinski definition) is 5. The smallest absolute Gasteiger partial charge is 0.331 e. The van der Waals surface area contributed by atoms with Gasteiger partial charge in [0.1, 0.15) is 0 Å². The summed E-state index contributed by atoms with van der Waals surface area (Å²) in [5.74, 6) is -0.841. The molecule has 2 aromatic rings. The number of phenolic OH excluding ortho intramolecular Hbond substituents is 1. The van der Waals surface area contributed by atoms with E-state index in [2.05, 4.69) is 5.32 Å². The van der Waals surface area contributed by atoms with E-state index in [-0.39, 0.29) is 11.5 Å². The number of hydrogen-bond donors (Lipinski definition) is 2. The minimum atomic E-state index is -0.975. The van der Waals surface area contributed by atoms with Gasteiger partial charge in [-0.1, -0.05) is 17.7 Å². The molecule has 6 nitrogen and oxygen atoms in total. The molecule has 0 aromatic heterocycles. The van der Waals surface area contributed by atoms with Crippen LogP contribution >= 0.6 is 11.6 Å². The second kappa shape index (κ2) is 8.92. The summed E-state index contributed by atoms with van der Waals surface area (Å²) in [5.41, 5.74) is 1.18. The van der Waals surface area contributed by atoms with Crippen LogP contribution in [0.4, 0.5) is 5.69 Å². The SMILES string of the molecule is COc1cc(/C=C/C(=O)O[C@@H](C)C(=O)Nc2ccc(Cl)cc2)ccc1O. The molecule has 0 bridgehead atoms. The van der Waals surface area contributed by atoms with E-state index < -0.39 is 18.0 Å². The molecule has 0 saturated heterocycles. The number of esters is 1. The van der Waals surface area contributed by atoms with Gasteiger partial charge in [0.25, 0.3) is 5.91 Å². The number of nitrogens with one attached hydrogen (secondary N) is 1. The summed E-state index contributed by atoms with van der Waals surface area (Å²) in [6.07, 6.45) is 1.71. The molecule has 1 atom stereocenters. The van der Waals surface area contributed by atoms with Gasteiger partial charge < -0.3 is 19.9 Å². The Hall–Kier alpha value is -2.99. The van der Waals surface area contributed by atoms with Gasteiger partial charge in [0, 0.05) is 16.8 Å². The molecule has 0 radical (unpaired) electrons. The van der Waals surface area contributed by atoms with Crippen LogP contribution in [0, 0.1) is 0 Å². The highest BCUT2D eigenvalue weighted by Crippen LogP contribution is 2.26. The van der Waals surface area contributed by atoms with Crippen molar-refractivity contribution in [2.75, 3.05) is 12.4 Å². The van der Waals surface area contributed by atoms with Crippen LogP contribution in [-0.4, -0.2) is 30.2 Å². The third-order valence-electron chi connectivity index (χ3n) is 3.39. The molecule has 0 fully saturated rings. The number of rotatable bonds is 6. The number of ether oxygens (including phenoxy) is 2. The summed E-state index contributed by atoms with van der Waals surface area (Å²) in [7, 11) is 1.43. The number of anilines is 1. The first-order valence-electron chi connectivity index (χ1n) is 7.71. The zero-order chi connectivity index (χ0) is 19.1. The molecule has 0 aliphatic rings. The zero-order valence-corrected chi connectivity index (χ0v) is 15.0. The highest BCUT2D eigenvalue weighted by Gasteiger charge is 2.16. The maximum Gasteiger partial charge on any atom is 0.331 e. The Kier molecular flexibility index (Phi) is 6.63. The number of phenols is 1. The number of carbonyl (C=O) groups excluding carboxylic acids is 2. The van der Waals surface area contributed by atoms with E-state index in [4.69, 9.17) is 21.1 Å². The first-order chi connectivity index (χ1) is 12.4. The van der Waals surface area contributed by atoms with Crippen molar-refractivity contribution in [3.8, 4) is 11.5 Å². The number of amides is 1. The van der Waals surface area contributed by atoms with Crippen molar-refractivity contribution in [2.24, 2.45) is 0 Å². The monoisotopic (exact) mass is 375 g/mol. The molecule has 136 valence electrons. The lowest BCUT2D eigenvalue weighted by Gasteiger charge is -2.12. The fraction of sp³-hybridized carbons (Fsp3) is 0.158. The molecule has 2 N–H and O–H groups in total. The third-order valence-corrected chi connectivity index (χ3v) is 3.64. The van der Waals surface area contributed by atoms with Gasteiger partial charge in [-0.3, -0.25) is 4.79 Å². The highest BCUT2D eigenvalue weighted by molar-refractivity contribution is 6.30. The number of carbonyl (C=O) groups is 2. The minimum absolute atomic E-state index is 0.000260. The molecule has 0 aliphatic carbocycles. The molecule has 0 heterocycles. The normalized spacial score (nSPS) is 11.8. The Morgan fingerprint density at radius 1 is 1.19 bits per heavy atom. The fourth-order valence-corrected chi connectivity index (χ4v) is 2.13. The van der Waals surface area contributed by atoms with Crippen molar-refractivity contribution in [2.45, 2.75) is 13.0 Å². The quantitative estimate of drug-likeness (QED) is 0.594. The number of halogens is 1. The first-order valence-corrected chi connectivity index (χ1v) is 8.09. The summed E-state index contributed by atoms with van der Waals surface area (Å²) in [5, 5.41) is 12.7. The van der Waals surface area contributed by atoms with Gasteiger partial charge in [0.15, 0.2) is 17.6 Å². The summed E-state index contributed by atoms with van der Waals surface area (Å²) >= 11 is 5.78. The van der Waals surface area contributed by atoms with Crippen molar-refractivity contribution in [1.82, 2.24) is 0 Å². The van der Waals surface area contributed by atoms with Crippen molar-refractivity contribution < 1.29 is 24.2 Å². The fourth-order valence-electron chi connectivity index (χ4n) is 2.01. The van der Waals surface area contributed by atoms with E-state index in [1.807, 2.05) is 0 Å². The van der Waals surface area contributed by atoms with Gasteiger partial charge in [0.05, 0.1) is 7.11 Å². The Labute approximate surface area is 156 Å². The van der Waals surface area contributed by atoms with E-state index >= 15 is 0 Å². The maximum atomic E-state index is 12.0. The molecule has 0 saturated carbocycles. The van der Waals surface area contributed by atoms with E-state index in [0.29, 0.717) is 16.3 Å². The second-order valence-corrected chi connectivity index (χ2v) is 5.78. The number of methoxy groups -OCH3 is 1. The standard InChI is InChI=1S/C19H18ClNO5/c1-12(19(24)21-15-7-5-14(20)6-8-15)26-18(23)10-4-13-3-9-16(22)17(11-13)25-2/h3-12,22H,1-2H3,(H,21,24)/b10-4+/t12-/m0/s1. The van der Waals surface area contributed by atoms with Crippen LogP contribution in [0.3, 0.4) is 0 Å². The summed E-state index contributed by atoms with van der Waals surface area (Å²) in [4.78, 5) is 23.9. The lowest BCUT2D eigenvalue weighted by atomic mass is 10.2. The van der Waals surface area contributed by atoms with Gasteiger partial charge in [-0.25, -0.2) is 4.79 Å².